The Balaban J connectivity index is 2.45. The van der Waals surface area contributed by atoms with Crippen molar-refractivity contribution in [1.82, 2.24) is 9.88 Å². The van der Waals surface area contributed by atoms with Gasteiger partial charge in [0.25, 0.3) is 0 Å². The highest BCUT2D eigenvalue weighted by molar-refractivity contribution is 5.85. The molecule has 0 saturated carbocycles. The van der Waals surface area contributed by atoms with Crippen LogP contribution in [0.25, 0.3) is 0 Å². The van der Waals surface area contributed by atoms with E-state index >= 15 is 0 Å². The standard InChI is InChI=1S/C11H11F3N2O4/c1-16(10(19)11(12,13)14)4-5-20-7-2-3-8(9(17)18)15-6-7/h2-3,6H,4-5H2,1H3,(H,17,18). The van der Waals surface area contributed by atoms with Crippen molar-refractivity contribution in [2.24, 2.45) is 0 Å². The van der Waals surface area contributed by atoms with Crippen LogP contribution >= 0.6 is 0 Å². The number of likely N-dealkylation sites (N-methyl/N-ethyl adjacent to an activating group) is 1. The zero-order valence-electron chi connectivity index (χ0n) is 10.3. The van der Waals surface area contributed by atoms with Gasteiger partial charge in [-0.05, 0) is 12.1 Å². The molecule has 0 spiro atoms. The number of carbonyl (C=O) groups is 2. The Hall–Kier alpha value is -2.32. The molecule has 1 amide bonds. The summed E-state index contributed by atoms with van der Waals surface area (Å²) in [5, 5.41) is 8.61. The average Bonchev–Trinajstić information content (AvgIpc) is 2.37. The van der Waals surface area contributed by atoms with E-state index < -0.39 is 18.1 Å². The fraction of sp³-hybridized carbons (Fsp3) is 0.364. The minimum absolute atomic E-state index is 0.174. The Kier molecular flexibility index (Phi) is 4.89. The largest absolute Gasteiger partial charge is 0.490 e. The molecular formula is C11H11F3N2O4. The zero-order valence-corrected chi connectivity index (χ0v) is 10.3. The molecule has 0 aliphatic heterocycles. The monoisotopic (exact) mass is 292 g/mol. The van der Waals surface area contributed by atoms with E-state index in [0.717, 1.165) is 13.2 Å². The van der Waals surface area contributed by atoms with Crippen molar-refractivity contribution >= 4 is 11.9 Å². The Morgan fingerprint density at radius 2 is 2.05 bits per heavy atom. The molecule has 0 bridgehead atoms. The number of aromatic nitrogens is 1. The number of ether oxygens (including phenoxy) is 1. The number of carboxylic acid groups (broad SMARTS) is 1. The van der Waals surface area contributed by atoms with Crippen LogP contribution in [0.1, 0.15) is 10.5 Å². The van der Waals surface area contributed by atoms with E-state index in [1.807, 2.05) is 0 Å². The van der Waals surface area contributed by atoms with Gasteiger partial charge in [0, 0.05) is 7.05 Å². The predicted octanol–water partition coefficient (Wildman–Crippen LogP) is 1.18. The minimum atomic E-state index is -4.92. The predicted molar refractivity (Wildman–Crippen MR) is 60.4 cm³/mol. The van der Waals surface area contributed by atoms with Gasteiger partial charge in [0.15, 0.2) is 0 Å². The summed E-state index contributed by atoms with van der Waals surface area (Å²) in [4.78, 5) is 25.4. The van der Waals surface area contributed by atoms with Crippen LogP contribution in [0.15, 0.2) is 18.3 Å². The number of halogens is 3. The van der Waals surface area contributed by atoms with Gasteiger partial charge in [0.2, 0.25) is 0 Å². The summed E-state index contributed by atoms with van der Waals surface area (Å²) >= 11 is 0. The van der Waals surface area contributed by atoms with Gasteiger partial charge in [-0.1, -0.05) is 0 Å². The Labute approximate surface area is 111 Å². The van der Waals surface area contributed by atoms with Crippen LogP contribution in [0.5, 0.6) is 5.75 Å². The van der Waals surface area contributed by atoms with E-state index in [1.165, 1.54) is 12.1 Å². The summed E-state index contributed by atoms with van der Waals surface area (Å²) in [5.74, 6) is -2.96. The number of nitrogens with zero attached hydrogens (tertiary/aromatic N) is 2. The number of alkyl halides is 3. The third kappa shape index (κ3) is 4.41. The summed E-state index contributed by atoms with van der Waals surface area (Å²) < 4.78 is 41.3. The second kappa shape index (κ2) is 6.22. The normalized spacial score (nSPS) is 11.0. The fourth-order valence-electron chi connectivity index (χ4n) is 1.21. The molecule has 1 heterocycles. The number of aromatic carboxylic acids is 1. The highest BCUT2D eigenvalue weighted by atomic mass is 19.4. The highest BCUT2D eigenvalue weighted by Crippen LogP contribution is 2.17. The van der Waals surface area contributed by atoms with Crippen LogP contribution in [0.4, 0.5) is 13.2 Å². The molecule has 110 valence electrons. The number of carboxylic acids is 1. The first-order valence-electron chi connectivity index (χ1n) is 5.36. The van der Waals surface area contributed by atoms with E-state index in [-0.39, 0.29) is 24.6 Å². The number of hydrogen-bond acceptors (Lipinski definition) is 4. The van der Waals surface area contributed by atoms with Gasteiger partial charge < -0.3 is 14.7 Å². The minimum Gasteiger partial charge on any atom is -0.490 e. The molecule has 0 radical (unpaired) electrons. The average molecular weight is 292 g/mol. The van der Waals surface area contributed by atoms with Gasteiger partial charge in [0.1, 0.15) is 18.1 Å². The Bertz CT molecular complexity index is 487. The zero-order chi connectivity index (χ0) is 15.3. The van der Waals surface area contributed by atoms with Gasteiger partial charge in [-0.2, -0.15) is 13.2 Å². The van der Waals surface area contributed by atoms with Crippen molar-refractivity contribution in [2.75, 3.05) is 20.2 Å². The summed E-state index contributed by atoms with van der Waals surface area (Å²) in [6.45, 7) is -0.439. The van der Waals surface area contributed by atoms with Crippen molar-refractivity contribution in [2.45, 2.75) is 6.18 Å². The van der Waals surface area contributed by atoms with E-state index in [9.17, 15) is 22.8 Å². The summed E-state index contributed by atoms with van der Waals surface area (Å²) in [7, 11) is 1.00. The molecule has 0 atom stereocenters. The molecular weight excluding hydrogens is 281 g/mol. The van der Waals surface area contributed by atoms with Crippen molar-refractivity contribution in [3.63, 3.8) is 0 Å². The maximum Gasteiger partial charge on any atom is 0.471 e. The van der Waals surface area contributed by atoms with E-state index in [1.54, 1.807) is 0 Å². The molecule has 0 fully saturated rings. The van der Waals surface area contributed by atoms with Crippen LogP contribution in [0.3, 0.4) is 0 Å². The lowest BCUT2D eigenvalue weighted by atomic mass is 10.3. The smallest absolute Gasteiger partial charge is 0.471 e. The van der Waals surface area contributed by atoms with Crippen LogP contribution in [0, 0.1) is 0 Å². The van der Waals surface area contributed by atoms with Crippen LogP contribution in [-0.2, 0) is 4.79 Å². The molecule has 1 rings (SSSR count). The Morgan fingerprint density at radius 3 is 2.50 bits per heavy atom. The summed E-state index contributed by atoms with van der Waals surface area (Å²) in [6, 6.07) is 2.52. The lowest BCUT2D eigenvalue weighted by molar-refractivity contribution is -0.184. The first kappa shape index (κ1) is 15.7. The molecule has 9 heteroatoms. The second-order valence-corrected chi connectivity index (χ2v) is 3.76. The molecule has 0 aliphatic carbocycles. The second-order valence-electron chi connectivity index (χ2n) is 3.76. The lowest BCUT2D eigenvalue weighted by Crippen LogP contribution is -2.40. The summed E-state index contributed by atoms with van der Waals surface area (Å²) in [5.41, 5.74) is -0.179. The lowest BCUT2D eigenvalue weighted by Gasteiger charge is -2.18. The highest BCUT2D eigenvalue weighted by Gasteiger charge is 2.41. The maximum absolute atomic E-state index is 12.1. The third-order valence-corrected chi connectivity index (χ3v) is 2.24. The number of amides is 1. The number of pyridine rings is 1. The molecule has 1 N–H and O–H groups in total. The molecule has 1 aromatic heterocycles. The van der Waals surface area contributed by atoms with Gasteiger partial charge in [0.05, 0.1) is 12.7 Å². The number of hydrogen-bond donors (Lipinski definition) is 1. The molecule has 6 nitrogen and oxygen atoms in total. The number of carbonyl (C=O) groups excluding carboxylic acids is 1. The number of rotatable bonds is 5. The quantitative estimate of drug-likeness (QED) is 0.881. The molecule has 0 aliphatic rings. The molecule has 20 heavy (non-hydrogen) atoms. The van der Waals surface area contributed by atoms with E-state index in [4.69, 9.17) is 9.84 Å². The van der Waals surface area contributed by atoms with Crippen LogP contribution < -0.4 is 4.74 Å². The van der Waals surface area contributed by atoms with E-state index in [0.29, 0.717) is 4.90 Å². The van der Waals surface area contributed by atoms with Crippen LogP contribution in [0.2, 0.25) is 0 Å². The van der Waals surface area contributed by atoms with Crippen molar-refractivity contribution in [1.29, 1.82) is 0 Å². The van der Waals surface area contributed by atoms with Crippen LogP contribution in [-0.4, -0.2) is 53.2 Å². The van der Waals surface area contributed by atoms with Crippen molar-refractivity contribution in [3.05, 3.63) is 24.0 Å². The SMILES string of the molecule is CN(CCOc1ccc(C(=O)O)nc1)C(=O)C(F)(F)F. The maximum atomic E-state index is 12.1. The van der Waals surface area contributed by atoms with Gasteiger partial charge >= 0.3 is 18.1 Å². The van der Waals surface area contributed by atoms with E-state index in [2.05, 4.69) is 4.98 Å². The van der Waals surface area contributed by atoms with Crippen molar-refractivity contribution in [3.8, 4) is 5.75 Å². The summed E-state index contributed by atoms with van der Waals surface area (Å²) in [6.07, 6.45) is -3.78. The topological polar surface area (TPSA) is 79.7 Å². The molecule has 0 saturated heterocycles. The Morgan fingerprint density at radius 1 is 1.40 bits per heavy atom. The third-order valence-electron chi connectivity index (χ3n) is 2.24. The van der Waals surface area contributed by atoms with Gasteiger partial charge in [-0.3, -0.25) is 4.79 Å². The van der Waals surface area contributed by atoms with Crippen molar-refractivity contribution < 1.29 is 32.6 Å². The molecule has 0 unspecified atom stereocenters. The molecule has 0 aromatic carbocycles. The molecule has 1 aromatic rings. The first-order chi connectivity index (χ1) is 9.21. The fourth-order valence-corrected chi connectivity index (χ4v) is 1.21. The van der Waals surface area contributed by atoms with Gasteiger partial charge in [-0.15, -0.1) is 0 Å². The first-order valence-corrected chi connectivity index (χ1v) is 5.36. The van der Waals surface area contributed by atoms with Gasteiger partial charge in [-0.25, -0.2) is 9.78 Å².